The van der Waals surface area contributed by atoms with E-state index in [1.54, 1.807) is 80.6 Å². The highest BCUT2D eigenvalue weighted by atomic mass is 31.2. The van der Waals surface area contributed by atoms with Crippen molar-refractivity contribution in [1.82, 2.24) is 0 Å². The molecule has 10 nitrogen and oxygen atoms in total. The second-order valence-corrected chi connectivity index (χ2v) is 9.44. The van der Waals surface area contributed by atoms with Gasteiger partial charge in [0.05, 0.1) is 18.1 Å². The van der Waals surface area contributed by atoms with Crippen LogP contribution in [0.5, 0.6) is 5.75 Å². The van der Waals surface area contributed by atoms with Crippen molar-refractivity contribution in [2.75, 3.05) is 18.5 Å². The van der Waals surface area contributed by atoms with Gasteiger partial charge in [0.1, 0.15) is 12.4 Å². The summed E-state index contributed by atoms with van der Waals surface area (Å²) in [5.74, 6) is -1.14. The number of carbonyl (C=O) groups is 1. The SMILES string of the molecule is CCOP(=O)(OCC)C(OC(=O)Nc1ccccc1)c1ccccc1OCc1ccc([N+](=O)[O-])cc1. The Labute approximate surface area is 208 Å². The predicted molar refractivity (Wildman–Crippen MR) is 134 cm³/mol. The van der Waals surface area contributed by atoms with E-state index in [4.69, 9.17) is 18.5 Å². The van der Waals surface area contributed by atoms with Gasteiger partial charge in [0.15, 0.2) is 0 Å². The third kappa shape index (κ3) is 7.14. The number of nitro benzene ring substituents is 1. The van der Waals surface area contributed by atoms with E-state index in [0.717, 1.165) is 0 Å². The number of nitrogens with zero attached hydrogens (tertiary/aromatic N) is 1. The summed E-state index contributed by atoms with van der Waals surface area (Å²) in [4.78, 5) is 23.2. The Morgan fingerprint density at radius 1 is 0.944 bits per heavy atom. The summed E-state index contributed by atoms with van der Waals surface area (Å²) in [6.45, 7) is 3.49. The Balaban J connectivity index is 1.89. The van der Waals surface area contributed by atoms with Crippen molar-refractivity contribution in [3.05, 3.63) is 100 Å². The number of para-hydroxylation sites is 2. The van der Waals surface area contributed by atoms with Gasteiger partial charge >= 0.3 is 13.7 Å². The smallest absolute Gasteiger partial charge is 0.412 e. The minimum atomic E-state index is -3.99. The summed E-state index contributed by atoms with van der Waals surface area (Å²) in [6, 6.07) is 21.2. The molecule has 3 rings (SSSR count). The minimum absolute atomic E-state index is 0.0357. The molecule has 0 heterocycles. The standard InChI is InChI=1S/C25H27N2O8P/c1-3-33-36(31,34-4-2)24(35-25(28)26-20-10-6-5-7-11-20)22-12-8-9-13-23(22)32-18-19-14-16-21(17-15-19)27(29)30/h5-17,24H,3-4,18H2,1-2H3,(H,26,28). The molecule has 0 saturated carbocycles. The van der Waals surface area contributed by atoms with E-state index >= 15 is 0 Å². The summed E-state index contributed by atoms with van der Waals surface area (Å²) in [5, 5.41) is 13.5. The van der Waals surface area contributed by atoms with Crippen LogP contribution in [0.1, 0.15) is 30.8 Å². The van der Waals surface area contributed by atoms with Gasteiger partial charge in [0.2, 0.25) is 5.85 Å². The number of nitrogens with one attached hydrogen (secondary N) is 1. The number of ether oxygens (including phenoxy) is 2. The third-order valence-corrected chi connectivity index (χ3v) is 7.06. The van der Waals surface area contributed by atoms with Crippen molar-refractivity contribution in [2.24, 2.45) is 0 Å². The zero-order chi connectivity index (χ0) is 26.0. The van der Waals surface area contributed by atoms with Crippen LogP contribution in [-0.4, -0.2) is 24.2 Å². The maximum atomic E-state index is 13.8. The van der Waals surface area contributed by atoms with Crippen LogP contribution in [0.2, 0.25) is 0 Å². The highest BCUT2D eigenvalue weighted by Crippen LogP contribution is 2.62. The van der Waals surface area contributed by atoms with Crippen LogP contribution in [0, 0.1) is 10.1 Å². The zero-order valence-electron chi connectivity index (χ0n) is 19.9. The van der Waals surface area contributed by atoms with E-state index in [0.29, 0.717) is 11.3 Å². The lowest BCUT2D eigenvalue weighted by Crippen LogP contribution is -2.20. The normalized spacial score (nSPS) is 11.9. The Morgan fingerprint density at radius 3 is 2.17 bits per heavy atom. The summed E-state index contributed by atoms with van der Waals surface area (Å²) in [5.41, 5.74) is 1.42. The lowest BCUT2D eigenvalue weighted by Gasteiger charge is -2.27. The molecule has 1 atom stereocenters. The first-order chi connectivity index (χ1) is 17.4. The summed E-state index contributed by atoms with van der Waals surface area (Å²) in [7, 11) is -3.99. The van der Waals surface area contributed by atoms with E-state index in [1.807, 2.05) is 0 Å². The van der Waals surface area contributed by atoms with Crippen LogP contribution >= 0.6 is 7.60 Å². The van der Waals surface area contributed by atoms with Crippen molar-refractivity contribution >= 4 is 25.1 Å². The molecule has 1 amide bonds. The molecule has 1 unspecified atom stereocenters. The molecule has 190 valence electrons. The zero-order valence-corrected chi connectivity index (χ0v) is 20.8. The molecule has 0 radical (unpaired) electrons. The van der Waals surface area contributed by atoms with Gasteiger partial charge in [0, 0.05) is 23.4 Å². The Kier molecular flexibility index (Phi) is 9.58. The van der Waals surface area contributed by atoms with E-state index < -0.39 is 24.5 Å². The van der Waals surface area contributed by atoms with Crippen LogP contribution in [0.3, 0.4) is 0 Å². The number of nitro groups is 1. The summed E-state index contributed by atoms with van der Waals surface area (Å²) < 4.78 is 36.3. The highest BCUT2D eigenvalue weighted by Gasteiger charge is 2.42. The Hall–Kier alpha value is -3.72. The molecule has 0 aliphatic heterocycles. The van der Waals surface area contributed by atoms with Gasteiger partial charge in [-0.2, -0.15) is 0 Å². The first-order valence-corrected chi connectivity index (χ1v) is 12.8. The van der Waals surface area contributed by atoms with Crippen molar-refractivity contribution in [3.8, 4) is 5.75 Å². The van der Waals surface area contributed by atoms with Gasteiger partial charge in [-0.1, -0.05) is 36.4 Å². The molecule has 1 N–H and O–H groups in total. The number of hydrogen-bond acceptors (Lipinski definition) is 8. The fraction of sp³-hybridized carbons (Fsp3) is 0.240. The molecule has 3 aromatic rings. The maximum Gasteiger partial charge on any atom is 0.412 e. The largest absolute Gasteiger partial charge is 0.488 e. The second kappa shape index (κ2) is 12.8. The fourth-order valence-corrected chi connectivity index (χ4v) is 5.14. The summed E-state index contributed by atoms with van der Waals surface area (Å²) in [6.07, 6.45) is -0.851. The molecule has 0 aliphatic rings. The molecule has 0 fully saturated rings. The number of rotatable bonds is 12. The van der Waals surface area contributed by atoms with Gasteiger partial charge in [-0.25, -0.2) is 4.79 Å². The Morgan fingerprint density at radius 2 is 1.56 bits per heavy atom. The average molecular weight is 514 g/mol. The quantitative estimate of drug-likeness (QED) is 0.161. The fourth-order valence-electron chi connectivity index (χ4n) is 3.29. The number of anilines is 1. The van der Waals surface area contributed by atoms with E-state index in [1.165, 1.54) is 12.1 Å². The number of hydrogen-bond donors (Lipinski definition) is 1. The van der Waals surface area contributed by atoms with Gasteiger partial charge in [-0.15, -0.1) is 0 Å². The lowest BCUT2D eigenvalue weighted by atomic mass is 10.2. The maximum absolute atomic E-state index is 13.8. The predicted octanol–water partition coefficient (Wildman–Crippen LogP) is 6.69. The number of carbonyl (C=O) groups excluding carboxylic acids is 1. The van der Waals surface area contributed by atoms with Gasteiger partial charge in [-0.3, -0.25) is 20.0 Å². The van der Waals surface area contributed by atoms with Gasteiger partial charge in [0.25, 0.3) is 5.69 Å². The van der Waals surface area contributed by atoms with Crippen molar-refractivity contribution in [2.45, 2.75) is 26.3 Å². The first kappa shape index (κ1) is 26.9. The number of benzene rings is 3. The monoisotopic (exact) mass is 514 g/mol. The van der Waals surface area contributed by atoms with Crippen LogP contribution in [0.25, 0.3) is 0 Å². The van der Waals surface area contributed by atoms with Crippen LogP contribution < -0.4 is 10.1 Å². The molecular formula is C25H27N2O8P. The number of non-ortho nitro benzene ring substituents is 1. The van der Waals surface area contributed by atoms with Crippen LogP contribution in [0.15, 0.2) is 78.9 Å². The summed E-state index contributed by atoms with van der Waals surface area (Å²) >= 11 is 0. The average Bonchev–Trinajstić information content (AvgIpc) is 2.87. The molecule has 0 aromatic heterocycles. The molecule has 11 heteroatoms. The van der Waals surface area contributed by atoms with E-state index in [9.17, 15) is 19.5 Å². The lowest BCUT2D eigenvalue weighted by molar-refractivity contribution is -0.384. The Bertz CT molecular complexity index is 1190. The molecule has 0 aliphatic carbocycles. The molecule has 0 spiro atoms. The van der Waals surface area contributed by atoms with Crippen LogP contribution in [-0.2, 0) is 25.0 Å². The van der Waals surface area contributed by atoms with Crippen molar-refractivity contribution < 1.29 is 32.8 Å². The van der Waals surface area contributed by atoms with Gasteiger partial charge in [-0.05, 0) is 49.7 Å². The van der Waals surface area contributed by atoms with Crippen LogP contribution in [0.4, 0.5) is 16.2 Å². The topological polar surface area (TPSA) is 126 Å². The van der Waals surface area contributed by atoms with Crippen molar-refractivity contribution in [1.29, 1.82) is 0 Å². The molecule has 36 heavy (non-hydrogen) atoms. The van der Waals surface area contributed by atoms with Crippen molar-refractivity contribution in [3.63, 3.8) is 0 Å². The molecule has 0 bridgehead atoms. The molecular weight excluding hydrogens is 487 g/mol. The first-order valence-electron chi connectivity index (χ1n) is 11.2. The highest BCUT2D eigenvalue weighted by molar-refractivity contribution is 7.54. The third-order valence-electron chi connectivity index (χ3n) is 4.87. The molecule has 0 saturated heterocycles. The van der Waals surface area contributed by atoms with E-state index in [2.05, 4.69) is 5.32 Å². The molecule has 3 aromatic carbocycles. The minimum Gasteiger partial charge on any atom is -0.488 e. The number of amides is 1. The van der Waals surface area contributed by atoms with Gasteiger partial charge < -0.3 is 18.5 Å². The second-order valence-electron chi connectivity index (χ2n) is 7.37. The van der Waals surface area contributed by atoms with E-state index in [-0.39, 0.29) is 36.8 Å².